The average molecular weight is 268 g/mol. The van der Waals surface area contributed by atoms with Crippen LogP contribution in [-0.2, 0) is 10.6 Å². The summed E-state index contributed by atoms with van der Waals surface area (Å²) in [5.41, 5.74) is 1.64. The lowest BCUT2D eigenvalue weighted by Gasteiger charge is -2.09. The van der Waals surface area contributed by atoms with Crippen molar-refractivity contribution < 1.29 is 9.53 Å². The van der Waals surface area contributed by atoms with Crippen LogP contribution in [0.25, 0.3) is 0 Å². The van der Waals surface area contributed by atoms with E-state index >= 15 is 0 Å². The van der Waals surface area contributed by atoms with Crippen LogP contribution in [0.15, 0.2) is 24.3 Å². The number of benzene rings is 1. The lowest BCUT2D eigenvalue weighted by Crippen LogP contribution is -2.26. The molecule has 2 rings (SSSR count). The van der Waals surface area contributed by atoms with Gasteiger partial charge in [-0.1, -0.05) is 12.1 Å². The zero-order valence-electron chi connectivity index (χ0n) is 10.3. The van der Waals surface area contributed by atoms with E-state index in [0.717, 1.165) is 31.6 Å². The van der Waals surface area contributed by atoms with Gasteiger partial charge in [0.25, 0.3) is 5.91 Å². The van der Waals surface area contributed by atoms with E-state index in [0.29, 0.717) is 23.9 Å². The van der Waals surface area contributed by atoms with E-state index in [9.17, 15) is 4.79 Å². The molecule has 1 heterocycles. The summed E-state index contributed by atoms with van der Waals surface area (Å²) in [6.07, 6.45) is 2.10. The quantitative estimate of drug-likeness (QED) is 0.833. The minimum atomic E-state index is -0.0270. The van der Waals surface area contributed by atoms with E-state index < -0.39 is 0 Å². The number of hydrogen-bond donors (Lipinski definition) is 1. The fraction of sp³-hybridized carbons (Fsp3) is 0.500. The third kappa shape index (κ3) is 3.72. The number of carbonyl (C=O) groups excluding carboxylic acids is 1. The van der Waals surface area contributed by atoms with E-state index in [1.165, 1.54) is 0 Å². The first-order valence-corrected chi connectivity index (χ1v) is 6.84. The molecule has 1 aliphatic rings. The van der Waals surface area contributed by atoms with Crippen LogP contribution in [0.4, 0.5) is 0 Å². The Morgan fingerprint density at radius 3 is 3.11 bits per heavy atom. The first-order valence-electron chi connectivity index (χ1n) is 6.30. The molecule has 0 aliphatic carbocycles. The van der Waals surface area contributed by atoms with Crippen molar-refractivity contribution in [3.8, 4) is 0 Å². The summed E-state index contributed by atoms with van der Waals surface area (Å²) >= 11 is 5.75. The molecule has 0 radical (unpaired) electrons. The Balaban J connectivity index is 1.79. The van der Waals surface area contributed by atoms with Gasteiger partial charge in [-0.25, -0.2) is 0 Å². The molecule has 98 valence electrons. The number of rotatable bonds is 5. The minimum absolute atomic E-state index is 0.0270. The molecular formula is C14H18ClNO2. The molecule has 0 bridgehead atoms. The van der Waals surface area contributed by atoms with Gasteiger partial charge in [0, 0.05) is 31.2 Å². The Labute approximate surface area is 112 Å². The molecule has 1 aromatic carbocycles. The standard InChI is InChI=1S/C14H18ClNO2/c15-9-12-2-1-3-13(8-12)14(17)16-6-4-11-5-7-18-10-11/h1-3,8,11H,4-7,9-10H2,(H,16,17). The summed E-state index contributed by atoms with van der Waals surface area (Å²) < 4.78 is 5.30. The molecule has 1 aromatic rings. The average Bonchev–Trinajstić information content (AvgIpc) is 2.92. The molecule has 1 aliphatic heterocycles. The maximum absolute atomic E-state index is 11.9. The van der Waals surface area contributed by atoms with E-state index in [1.54, 1.807) is 0 Å². The third-order valence-corrected chi connectivity index (χ3v) is 3.51. The summed E-state index contributed by atoms with van der Waals surface area (Å²) in [6, 6.07) is 7.42. The van der Waals surface area contributed by atoms with E-state index in [2.05, 4.69) is 5.32 Å². The van der Waals surface area contributed by atoms with Crippen LogP contribution in [0, 0.1) is 5.92 Å². The Bertz CT molecular complexity index is 403. The number of ether oxygens (including phenoxy) is 1. The largest absolute Gasteiger partial charge is 0.381 e. The molecule has 18 heavy (non-hydrogen) atoms. The summed E-state index contributed by atoms with van der Waals surface area (Å²) in [7, 11) is 0. The molecule has 1 fully saturated rings. The normalized spacial score (nSPS) is 18.8. The number of nitrogens with one attached hydrogen (secondary N) is 1. The van der Waals surface area contributed by atoms with E-state index in [1.807, 2.05) is 24.3 Å². The smallest absolute Gasteiger partial charge is 0.251 e. The van der Waals surface area contributed by atoms with Crippen molar-refractivity contribution >= 4 is 17.5 Å². The SMILES string of the molecule is O=C(NCCC1CCOC1)c1cccc(CCl)c1. The molecule has 0 spiro atoms. The first kappa shape index (κ1) is 13.4. The second-order valence-electron chi connectivity index (χ2n) is 4.61. The Morgan fingerprint density at radius 2 is 2.39 bits per heavy atom. The number of amides is 1. The van der Waals surface area contributed by atoms with Gasteiger partial charge >= 0.3 is 0 Å². The highest BCUT2D eigenvalue weighted by molar-refractivity contribution is 6.17. The number of hydrogen-bond acceptors (Lipinski definition) is 2. The van der Waals surface area contributed by atoms with Crippen LogP contribution in [0.1, 0.15) is 28.8 Å². The van der Waals surface area contributed by atoms with Gasteiger partial charge in [-0.05, 0) is 36.5 Å². The van der Waals surface area contributed by atoms with Crippen molar-refractivity contribution in [3.63, 3.8) is 0 Å². The van der Waals surface area contributed by atoms with Gasteiger partial charge in [0.05, 0.1) is 0 Å². The van der Waals surface area contributed by atoms with Gasteiger partial charge < -0.3 is 10.1 Å². The topological polar surface area (TPSA) is 38.3 Å². The van der Waals surface area contributed by atoms with Gasteiger partial charge in [0.1, 0.15) is 0 Å². The van der Waals surface area contributed by atoms with Gasteiger partial charge in [0.2, 0.25) is 0 Å². The molecule has 4 heteroatoms. The maximum atomic E-state index is 11.9. The Kier molecular flexibility index (Phi) is 5.02. The molecular weight excluding hydrogens is 250 g/mol. The number of alkyl halides is 1. The molecule has 0 aromatic heterocycles. The van der Waals surface area contributed by atoms with Crippen molar-refractivity contribution in [2.75, 3.05) is 19.8 Å². The van der Waals surface area contributed by atoms with Crippen molar-refractivity contribution in [1.29, 1.82) is 0 Å². The van der Waals surface area contributed by atoms with Crippen LogP contribution in [0.5, 0.6) is 0 Å². The Morgan fingerprint density at radius 1 is 1.50 bits per heavy atom. The highest BCUT2D eigenvalue weighted by Crippen LogP contribution is 2.15. The second-order valence-corrected chi connectivity index (χ2v) is 4.88. The van der Waals surface area contributed by atoms with Gasteiger partial charge in [-0.3, -0.25) is 4.79 Å². The first-order chi connectivity index (χ1) is 8.79. The van der Waals surface area contributed by atoms with Crippen LogP contribution >= 0.6 is 11.6 Å². The summed E-state index contributed by atoms with van der Waals surface area (Å²) in [5.74, 6) is 1.00. The summed E-state index contributed by atoms with van der Waals surface area (Å²) in [6.45, 7) is 2.39. The highest BCUT2D eigenvalue weighted by atomic mass is 35.5. The predicted molar refractivity (Wildman–Crippen MR) is 71.9 cm³/mol. The molecule has 1 amide bonds. The third-order valence-electron chi connectivity index (χ3n) is 3.21. The lowest BCUT2D eigenvalue weighted by atomic mass is 10.1. The van der Waals surface area contributed by atoms with Crippen molar-refractivity contribution in [1.82, 2.24) is 5.32 Å². The van der Waals surface area contributed by atoms with Crippen molar-refractivity contribution in [2.24, 2.45) is 5.92 Å². The zero-order valence-corrected chi connectivity index (χ0v) is 11.1. The number of halogens is 1. The molecule has 1 atom stereocenters. The van der Waals surface area contributed by atoms with E-state index in [4.69, 9.17) is 16.3 Å². The van der Waals surface area contributed by atoms with Crippen LogP contribution in [-0.4, -0.2) is 25.7 Å². The zero-order chi connectivity index (χ0) is 12.8. The molecule has 1 N–H and O–H groups in total. The predicted octanol–water partition coefficient (Wildman–Crippen LogP) is 2.58. The molecule has 1 saturated heterocycles. The molecule has 0 saturated carbocycles. The van der Waals surface area contributed by atoms with Gasteiger partial charge in [-0.2, -0.15) is 0 Å². The van der Waals surface area contributed by atoms with Crippen molar-refractivity contribution in [2.45, 2.75) is 18.7 Å². The summed E-state index contributed by atoms with van der Waals surface area (Å²) in [4.78, 5) is 11.9. The van der Waals surface area contributed by atoms with Gasteiger partial charge in [0.15, 0.2) is 0 Å². The molecule has 1 unspecified atom stereocenters. The van der Waals surface area contributed by atoms with Crippen LogP contribution in [0.2, 0.25) is 0 Å². The highest BCUT2D eigenvalue weighted by Gasteiger charge is 2.15. The van der Waals surface area contributed by atoms with E-state index in [-0.39, 0.29) is 5.91 Å². The van der Waals surface area contributed by atoms with Crippen LogP contribution < -0.4 is 5.32 Å². The summed E-state index contributed by atoms with van der Waals surface area (Å²) in [5, 5.41) is 2.94. The van der Waals surface area contributed by atoms with Gasteiger partial charge in [-0.15, -0.1) is 11.6 Å². The second kappa shape index (κ2) is 6.76. The Hall–Kier alpha value is -1.06. The van der Waals surface area contributed by atoms with Crippen molar-refractivity contribution in [3.05, 3.63) is 35.4 Å². The monoisotopic (exact) mass is 267 g/mol. The number of carbonyl (C=O) groups is 1. The maximum Gasteiger partial charge on any atom is 0.251 e. The molecule has 3 nitrogen and oxygen atoms in total. The fourth-order valence-electron chi connectivity index (χ4n) is 2.10. The van der Waals surface area contributed by atoms with Crippen LogP contribution in [0.3, 0.4) is 0 Å². The fourth-order valence-corrected chi connectivity index (χ4v) is 2.26. The lowest BCUT2D eigenvalue weighted by molar-refractivity contribution is 0.0950. The minimum Gasteiger partial charge on any atom is -0.381 e.